The van der Waals surface area contributed by atoms with E-state index in [1.54, 1.807) is 6.26 Å². The van der Waals surface area contributed by atoms with Crippen molar-refractivity contribution in [3.63, 3.8) is 0 Å². The SMILES string of the molecule is CSc1nnc(C[C@@H]2CCc3cc(C(O)(C(F)(F)F)C(F)(F)F)ccc3N2S(=O)(=O)c2ccc(F)cc2)s1. The number of aryl methyl sites for hydroxylation is 1. The Morgan fingerprint density at radius 1 is 1.05 bits per heavy atom. The number of hydrogen-bond donors (Lipinski definition) is 1. The van der Waals surface area contributed by atoms with Crippen molar-refractivity contribution in [3.8, 4) is 0 Å². The molecule has 0 spiro atoms. The van der Waals surface area contributed by atoms with Gasteiger partial charge in [-0.2, -0.15) is 26.3 Å². The normalized spacial score (nSPS) is 17.0. The standard InChI is InChI=1S/C22H18F7N3O3S3/c1-36-19-31-30-18(37-19)11-15-6-2-12-10-13(20(33,21(24,25)26)22(27,28)29)3-9-17(12)32(15)38(34,35)16-7-4-14(23)5-8-16/h3-5,7-10,15,33H,2,6,11H2,1H3/t15-/m0/s1. The highest BCUT2D eigenvalue weighted by Crippen LogP contribution is 2.51. The molecule has 1 atom stereocenters. The average Bonchev–Trinajstić information content (AvgIpc) is 3.29. The molecule has 1 aromatic heterocycles. The fourth-order valence-corrected chi connectivity index (χ4v) is 7.29. The number of hydrogen-bond acceptors (Lipinski definition) is 7. The van der Waals surface area contributed by atoms with Crippen LogP contribution < -0.4 is 4.31 Å². The molecule has 1 aliphatic heterocycles. The second kappa shape index (κ2) is 9.95. The molecule has 38 heavy (non-hydrogen) atoms. The molecule has 0 bridgehead atoms. The van der Waals surface area contributed by atoms with Gasteiger partial charge in [-0.1, -0.05) is 35.2 Å². The number of aliphatic hydroxyl groups is 1. The van der Waals surface area contributed by atoms with Crippen molar-refractivity contribution in [1.29, 1.82) is 0 Å². The first-order valence-corrected chi connectivity index (χ1v) is 14.2. The Hall–Kier alpha value is -2.43. The lowest BCUT2D eigenvalue weighted by Crippen LogP contribution is -2.54. The maximum Gasteiger partial charge on any atom is 0.430 e. The number of alkyl halides is 6. The van der Waals surface area contributed by atoms with Gasteiger partial charge in [0.15, 0.2) is 4.34 Å². The average molecular weight is 602 g/mol. The van der Waals surface area contributed by atoms with Gasteiger partial charge in [-0.3, -0.25) is 4.31 Å². The summed E-state index contributed by atoms with van der Waals surface area (Å²) in [7, 11) is -4.45. The Morgan fingerprint density at radius 2 is 1.68 bits per heavy atom. The topological polar surface area (TPSA) is 83.4 Å². The molecule has 6 nitrogen and oxygen atoms in total. The number of aromatic nitrogens is 2. The van der Waals surface area contributed by atoms with E-state index < -0.39 is 45.4 Å². The molecule has 1 aliphatic rings. The molecule has 2 heterocycles. The van der Waals surface area contributed by atoms with Crippen LogP contribution in [-0.4, -0.2) is 48.4 Å². The van der Waals surface area contributed by atoms with Gasteiger partial charge in [0, 0.05) is 12.0 Å². The van der Waals surface area contributed by atoms with E-state index in [-0.39, 0.29) is 35.4 Å². The minimum Gasteiger partial charge on any atom is -0.369 e. The Morgan fingerprint density at radius 3 is 2.24 bits per heavy atom. The largest absolute Gasteiger partial charge is 0.430 e. The molecule has 0 amide bonds. The lowest BCUT2D eigenvalue weighted by atomic mass is 9.87. The summed E-state index contributed by atoms with van der Waals surface area (Å²) in [5, 5.41) is 18.3. The van der Waals surface area contributed by atoms with Gasteiger partial charge >= 0.3 is 12.4 Å². The zero-order valence-electron chi connectivity index (χ0n) is 19.2. The Kier molecular flexibility index (Phi) is 7.48. The summed E-state index contributed by atoms with van der Waals surface area (Å²) in [6, 6.07) is 4.77. The number of sulfonamides is 1. The van der Waals surface area contributed by atoms with E-state index in [0.29, 0.717) is 21.5 Å². The molecular weight excluding hydrogens is 583 g/mol. The summed E-state index contributed by atoms with van der Waals surface area (Å²) in [5.74, 6) is -0.707. The van der Waals surface area contributed by atoms with Gasteiger partial charge in [0.1, 0.15) is 10.8 Å². The molecule has 4 rings (SSSR count). The molecule has 0 radical (unpaired) electrons. The molecular formula is C22H18F7N3O3S3. The van der Waals surface area contributed by atoms with Crippen LogP contribution in [0.15, 0.2) is 51.7 Å². The van der Waals surface area contributed by atoms with E-state index >= 15 is 0 Å². The fraction of sp³-hybridized carbons (Fsp3) is 0.364. The van der Waals surface area contributed by atoms with Crippen molar-refractivity contribution in [2.45, 2.75) is 52.5 Å². The van der Waals surface area contributed by atoms with Gasteiger partial charge in [-0.25, -0.2) is 12.8 Å². The minimum absolute atomic E-state index is 0.0154. The van der Waals surface area contributed by atoms with Crippen LogP contribution in [0.4, 0.5) is 36.4 Å². The maximum atomic E-state index is 13.7. The number of benzene rings is 2. The zero-order valence-corrected chi connectivity index (χ0v) is 21.7. The quantitative estimate of drug-likeness (QED) is 0.298. The van der Waals surface area contributed by atoms with Crippen LogP contribution in [0.3, 0.4) is 0 Å². The highest BCUT2D eigenvalue weighted by Gasteiger charge is 2.71. The Bertz CT molecular complexity index is 1410. The van der Waals surface area contributed by atoms with Crippen molar-refractivity contribution in [2.75, 3.05) is 10.6 Å². The molecule has 0 fully saturated rings. The van der Waals surface area contributed by atoms with E-state index in [0.717, 1.165) is 34.6 Å². The van der Waals surface area contributed by atoms with Gasteiger partial charge < -0.3 is 5.11 Å². The molecule has 0 saturated carbocycles. The first-order chi connectivity index (χ1) is 17.6. The molecule has 0 saturated heterocycles. The smallest absolute Gasteiger partial charge is 0.369 e. The van der Waals surface area contributed by atoms with Crippen LogP contribution in [-0.2, 0) is 28.5 Å². The van der Waals surface area contributed by atoms with Gasteiger partial charge in [0.05, 0.1) is 16.6 Å². The summed E-state index contributed by atoms with van der Waals surface area (Å²) in [5.41, 5.74) is -6.94. The summed E-state index contributed by atoms with van der Waals surface area (Å²) in [6.07, 6.45) is -10.4. The first-order valence-electron chi connectivity index (χ1n) is 10.7. The van der Waals surface area contributed by atoms with Gasteiger partial charge in [0.2, 0.25) is 0 Å². The van der Waals surface area contributed by atoms with Crippen LogP contribution in [0.1, 0.15) is 22.6 Å². The third-order valence-corrected chi connectivity index (χ3v) is 9.84. The molecule has 16 heteroatoms. The number of fused-ring (bicyclic) bond motifs is 1. The van der Waals surface area contributed by atoms with Crippen molar-refractivity contribution in [2.24, 2.45) is 0 Å². The van der Waals surface area contributed by atoms with Crippen LogP contribution >= 0.6 is 23.1 Å². The summed E-state index contributed by atoms with van der Waals surface area (Å²) >= 11 is 2.54. The summed E-state index contributed by atoms with van der Waals surface area (Å²) in [6.45, 7) is 0. The highest BCUT2D eigenvalue weighted by atomic mass is 32.2. The highest BCUT2D eigenvalue weighted by molar-refractivity contribution is 8.00. The van der Waals surface area contributed by atoms with Crippen LogP contribution in [0.5, 0.6) is 0 Å². The second-order valence-corrected chi connectivity index (χ2v) is 12.3. The number of halogens is 7. The monoisotopic (exact) mass is 601 g/mol. The van der Waals surface area contributed by atoms with E-state index in [4.69, 9.17) is 0 Å². The molecule has 206 valence electrons. The number of anilines is 1. The second-order valence-electron chi connectivity index (χ2n) is 8.37. The molecule has 0 aliphatic carbocycles. The number of thioether (sulfide) groups is 1. The van der Waals surface area contributed by atoms with Crippen molar-refractivity contribution < 1.29 is 44.3 Å². The minimum atomic E-state index is -6.09. The Labute approximate surface area is 220 Å². The van der Waals surface area contributed by atoms with Crippen LogP contribution in [0, 0.1) is 5.82 Å². The first kappa shape index (κ1) is 28.6. The van der Waals surface area contributed by atoms with Crippen molar-refractivity contribution >= 4 is 38.8 Å². The zero-order chi connectivity index (χ0) is 28.1. The summed E-state index contributed by atoms with van der Waals surface area (Å²) in [4.78, 5) is -0.329. The lowest BCUT2D eigenvalue weighted by molar-refractivity contribution is -0.376. The third kappa shape index (κ3) is 4.98. The Balaban J connectivity index is 1.85. The maximum absolute atomic E-state index is 13.7. The van der Waals surface area contributed by atoms with Gasteiger partial charge in [0.25, 0.3) is 15.6 Å². The molecule has 1 N–H and O–H groups in total. The molecule has 3 aromatic rings. The molecule has 2 aromatic carbocycles. The van der Waals surface area contributed by atoms with Crippen molar-refractivity contribution in [1.82, 2.24) is 10.2 Å². The third-order valence-electron chi connectivity index (χ3n) is 6.04. The fourth-order valence-electron chi connectivity index (χ4n) is 4.19. The lowest BCUT2D eigenvalue weighted by Gasteiger charge is -2.39. The predicted molar refractivity (Wildman–Crippen MR) is 126 cm³/mol. The number of nitrogens with zero attached hydrogens (tertiary/aromatic N) is 3. The van der Waals surface area contributed by atoms with E-state index in [1.807, 2.05) is 0 Å². The van der Waals surface area contributed by atoms with E-state index in [9.17, 15) is 44.3 Å². The van der Waals surface area contributed by atoms with Crippen LogP contribution in [0.25, 0.3) is 0 Å². The predicted octanol–water partition coefficient (Wildman–Crippen LogP) is 5.46. The van der Waals surface area contributed by atoms with Crippen molar-refractivity contribution in [3.05, 3.63) is 64.4 Å². The van der Waals surface area contributed by atoms with Gasteiger partial charge in [-0.15, -0.1) is 10.2 Å². The van der Waals surface area contributed by atoms with Gasteiger partial charge in [-0.05, 0) is 55.0 Å². The summed E-state index contributed by atoms with van der Waals surface area (Å²) < 4.78 is 123. The molecule has 0 unspecified atom stereocenters. The van der Waals surface area contributed by atoms with E-state index in [1.165, 1.54) is 23.1 Å². The van der Waals surface area contributed by atoms with Crippen LogP contribution in [0.2, 0.25) is 0 Å². The van der Waals surface area contributed by atoms with E-state index in [2.05, 4.69) is 10.2 Å². The number of rotatable bonds is 6.